The van der Waals surface area contributed by atoms with Gasteiger partial charge in [-0.05, 0) is 12.8 Å². The number of nitrogens with one attached hydrogen (secondary N) is 1. The van der Waals surface area contributed by atoms with Crippen LogP contribution in [0.1, 0.15) is 19.3 Å². The first-order chi connectivity index (χ1) is 10.1. The molecule has 2 N–H and O–H groups in total. The average Bonchev–Trinajstić information content (AvgIpc) is 3.06. The molecule has 0 radical (unpaired) electrons. The third-order valence-corrected chi connectivity index (χ3v) is 6.53. The number of rotatable bonds is 4. The molecular formula is C12H18N4O3S2. The van der Waals surface area contributed by atoms with Crippen LogP contribution in [-0.4, -0.2) is 53.5 Å². The number of aliphatic hydroxyl groups excluding tert-OH is 1. The molecule has 1 aliphatic rings. The molecule has 1 saturated heterocycles. The van der Waals surface area contributed by atoms with Gasteiger partial charge in [-0.25, -0.2) is 13.4 Å². The third-order valence-electron chi connectivity index (χ3n) is 3.79. The van der Waals surface area contributed by atoms with Crippen LogP contribution in [-0.2, 0) is 10.0 Å². The first-order valence-corrected chi connectivity index (χ1v) is 9.17. The summed E-state index contributed by atoms with van der Waals surface area (Å²) >= 11 is 1.39. The van der Waals surface area contributed by atoms with E-state index in [9.17, 15) is 13.5 Å². The van der Waals surface area contributed by atoms with Gasteiger partial charge in [0.1, 0.15) is 0 Å². The Morgan fingerprint density at radius 3 is 3.05 bits per heavy atom. The first kappa shape index (κ1) is 14.8. The minimum atomic E-state index is -3.70. The van der Waals surface area contributed by atoms with Crippen molar-refractivity contribution in [1.82, 2.24) is 13.7 Å². The lowest BCUT2D eigenvalue weighted by atomic mass is 10.1. The van der Waals surface area contributed by atoms with Crippen molar-refractivity contribution in [3.05, 3.63) is 11.6 Å². The summed E-state index contributed by atoms with van der Waals surface area (Å²) in [6.45, 7) is 0.286. The number of fused-ring (bicyclic) bond motifs is 1. The molecular weight excluding hydrogens is 312 g/mol. The van der Waals surface area contributed by atoms with Crippen molar-refractivity contribution in [1.29, 1.82) is 0 Å². The van der Waals surface area contributed by atoms with E-state index in [-0.39, 0.29) is 17.7 Å². The zero-order valence-corrected chi connectivity index (χ0v) is 13.3. The fraction of sp³-hybridized carbons (Fsp3) is 0.583. The van der Waals surface area contributed by atoms with Crippen molar-refractivity contribution in [2.24, 2.45) is 0 Å². The molecule has 116 valence electrons. The molecule has 0 saturated carbocycles. The van der Waals surface area contributed by atoms with Crippen LogP contribution < -0.4 is 5.32 Å². The topological polar surface area (TPSA) is 86.9 Å². The van der Waals surface area contributed by atoms with Crippen LogP contribution in [0.3, 0.4) is 0 Å². The highest BCUT2D eigenvalue weighted by molar-refractivity contribution is 7.89. The van der Waals surface area contributed by atoms with Crippen LogP contribution in [0.2, 0.25) is 0 Å². The largest absolute Gasteiger partial charge is 0.395 e. The van der Waals surface area contributed by atoms with E-state index >= 15 is 0 Å². The van der Waals surface area contributed by atoms with Gasteiger partial charge in [0, 0.05) is 31.2 Å². The van der Waals surface area contributed by atoms with Crippen molar-refractivity contribution in [3.63, 3.8) is 0 Å². The number of thiazole rings is 1. The molecule has 1 aliphatic heterocycles. The molecule has 9 heteroatoms. The smallest absolute Gasteiger partial charge is 0.263 e. The predicted octanol–water partition coefficient (Wildman–Crippen LogP) is 0.973. The van der Waals surface area contributed by atoms with Gasteiger partial charge in [0.25, 0.3) is 10.0 Å². The van der Waals surface area contributed by atoms with Crippen LogP contribution in [0.4, 0.5) is 5.82 Å². The van der Waals surface area contributed by atoms with E-state index in [1.165, 1.54) is 15.6 Å². The monoisotopic (exact) mass is 330 g/mol. The minimum Gasteiger partial charge on any atom is -0.395 e. The van der Waals surface area contributed by atoms with Crippen molar-refractivity contribution < 1.29 is 13.5 Å². The van der Waals surface area contributed by atoms with Crippen LogP contribution in [0.15, 0.2) is 16.6 Å². The number of aliphatic hydroxyl groups is 1. The van der Waals surface area contributed by atoms with Gasteiger partial charge in [-0.1, -0.05) is 6.42 Å². The second-order valence-electron chi connectivity index (χ2n) is 5.02. The van der Waals surface area contributed by atoms with E-state index in [0.29, 0.717) is 23.7 Å². The normalized spacial score (nSPS) is 21.0. The summed E-state index contributed by atoms with van der Waals surface area (Å²) in [5.41, 5.74) is 0. The number of hydrogen-bond acceptors (Lipinski definition) is 6. The number of anilines is 1. The predicted molar refractivity (Wildman–Crippen MR) is 81.2 cm³/mol. The SMILES string of the molecule is CNc1nc2sccn2c1S(=O)(=O)N1CCCCC1CO. The third kappa shape index (κ3) is 2.33. The molecule has 0 bridgehead atoms. The lowest BCUT2D eigenvalue weighted by molar-refractivity contribution is 0.155. The number of hydrogen-bond donors (Lipinski definition) is 2. The molecule has 0 aliphatic carbocycles. The Kier molecular flexibility index (Phi) is 3.91. The Hall–Kier alpha value is -1.16. The fourth-order valence-electron chi connectivity index (χ4n) is 2.76. The van der Waals surface area contributed by atoms with Gasteiger partial charge in [-0.3, -0.25) is 4.40 Å². The Balaban J connectivity index is 2.12. The van der Waals surface area contributed by atoms with Crippen LogP contribution in [0.25, 0.3) is 4.96 Å². The van der Waals surface area contributed by atoms with E-state index in [1.807, 2.05) is 0 Å². The quantitative estimate of drug-likeness (QED) is 0.872. The van der Waals surface area contributed by atoms with Gasteiger partial charge in [-0.2, -0.15) is 4.31 Å². The molecule has 3 rings (SSSR count). The van der Waals surface area contributed by atoms with Gasteiger partial charge < -0.3 is 10.4 Å². The molecule has 0 spiro atoms. The zero-order chi connectivity index (χ0) is 15.0. The number of aromatic nitrogens is 2. The summed E-state index contributed by atoms with van der Waals surface area (Å²) in [5, 5.41) is 14.3. The summed E-state index contributed by atoms with van der Waals surface area (Å²) in [4.78, 5) is 4.94. The van der Waals surface area contributed by atoms with E-state index in [2.05, 4.69) is 10.3 Å². The molecule has 3 heterocycles. The van der Waals surface area contributed by atoms with Gasteiger partial charge in [-0.15, -0.1) is 11.3 Å². The lowest BCUT2D eigenvalue weighted by Gasteiger charge is -2.33. The molecule has 0 aromatic carbocycles. The summed E-state index contributed by atoms with van der Waals surface area (Å²) in [7, 11) is -2.04. The van der Waals surface area contributed by atoms with Crippen LogP contribution >= 0.6 is 11.3 Å². The molecule has 1 unspecified atom stereocenters. The Bertz CT molecular complexity index is 737. The fourth-order valence-corrected chi connectivity index (χ4v) is 5.47. The lowest BCUT2D eigenvalue weighted by Crippen LogP contribution is -2.45. The van der Waals surface area contributed by atoms with Crippen molar-refractivity contribution in [2.75, 3.05) is 25.5 Å². The summed E-state index contributed by atoms with van der Waals surface area (Å²) in [6.07, 6.45) is 4.15. The van der Waals surface area contributed by atoms with Crippen molar-refractivity contribution >= 4 is 32.1 Å². The molecule has 2 aromatic heterocycles. The second kappa shape index (κ2) is 5.56. The van der Waals surface area contributed by atoms with E-state index in [0.717, 1.165) is 12.8 Å². The maximum atomic E-state index is 13.0. The van der Waals surface area contributed by atoms with Crippen LogP contribution in [0, 0.1) is 0 Å². The van der Waals surface area contributed by atoms with Gasteiger partial charge >= 0.3 is 0 Å². The second-order valence-corrected chi connectivity index (χ2v) is 7.70. The standard InChI is InChI=1S/C12H18N4O3S2/c1-13-10-11(15-6-7-20-12(15)14-10)21(18,19)16-5-3-2-4-9(16)8-17/h6-7,9,13,17H,2-5,8H2,1H3. The Labute approximate surface area is 127 Å². The van der Waals surface area contributed by atoms with Crippen LogP contribution in [0.5, 0.6) is 0 Å². The molecule has 1 fully saturated rings. The van der Waals surface area contributed by atoms with Crippen molar-refractivity contribution in [2.45, 2.75) is 30.3 Å². The summed E-state index contributed by atoms with van der Waals surface area (Å²) in [6, 6.07) is -0.349. The maximum Gasteiger partial charge on any atom is 0.263 e. The van der Waals surface area contributed by atoms with Gasteiger partial charge in [0.2, 0.25) is 0 Å². The van der Waals surface area contributed by atoms with Gasteiger partial charge in [0.05, 0.1) is 6.61 Å². The highest BCUT2D eigenvalue weighted by Gasteiger charge is 2.37. The molecule has 2 aromatic rings. The van der Waals surface area contributed by atoms with E-state index in [4.69, 9.17) is 0 Å². The highest BCUT2D eigenvalue weighted by atomic mass is 32.2. The molecule has 1 atom stereocenters. The van der Waals surface area contributed by atoms with Crippen molar-refractivity contribution in [3.8, 4) is 0 Å². The average molecular weight is 330 g/mol. The number of imidazole rings is 1. The molecule has 0 amide bonds. The minimum absolute atomic E-state index is 0.153. The number of sulfonamides is 1. The molecule has 21 heavy (non-hydrogen) atoms. The summed E-state index contributed by atoms with van der Waals surface area (Å²) < 4.78 is 29.1. The van der Waals surface area contributed by atoms with E-state index in [1.54, 1.807) is 23.0 Å². The highest BCUT2D eigenvalue weighted by Crippen LogP contribution is 2.31. The number of piperidine rings is 1. The summed E-state index contributed by atoms with van der Waals surface area (Å²) in [5.74, 6) is 0.351. The molecule has 7 nitrogen and oxygen atoms in total. The first-order valence-electron chi connectivity index (χ1n) is 6.85. The van der Waals surface area contributed by atoms with Gasteiger partial charge in [0.15, 0.2) is 15.8 Å². The van der Waals surface area contributed by atoms with E-state index < -0.39 is 10.0 Å². The zero-order valence-electron chi connectivity index (χ0n) is 11.7. The Morgan fingerprint density at radius 1 is 1.52 bits per heavy atom. The Morgan fingerprint density at radius 2 is 2.33 bits per heavy atom. The maximum absolute atomic E-state index is 13.0. The number of nitrogens with zero attached hydrogens (tertiary/aromatic N) is 3.